The lowest BCUT2D eigenvalue weighted by Crippen LogP contribution is -2.17. The van der Waals surface area contributed by atoms with E-state index in [0.717, 1.165) is 6.32 Å². The summed E-state index contributed by atoms with van der Waals surface area (Å²) < 4.78 is 0. The van der Waals surface area contributed by atoms with E-state index >= 15 is 0 Å². The van der Waals surface area contributed by atoms with Crippen LogP contribution in [0.5, 0.6) is 0 Å². The Balaban J connectivity index is 2.60. The summed E-state index contributed by atoms with van der Waals surface area (Å²) in [5, 5.41) is 0. The van der Waals surface area contributed by atoms with E-state index in [9.17, 15) is 0 Å². The molecule has 0 fully saturated rings. The average molecular weight is 200 g/mol. The number of hydrogen-bond acceptors (Lipinski definition) is 0. The summed E-state index contributed by atoms with van der Waals surface area (Å²) in [5.74, 6) is 0. The minimum Gasteiger partial charge on any atom is -0.0595 e. The highest BCUT2D eigenvalue weighted by molar-refractivity contribution is 6.08. The molecule has 0 heterocycles. The molecule has 1 aromatic rings. The molecule has 0 spiro atoms. The number of hydrogen-bond donors (Lipinski definition) is 0. The summed E-state index contributed by atoms with van der Waals surface area (Å²) in [4.78, 5) is 0. The predicted molar refractivity (Wildman–Crippen MR) is 69.4 cm³/mol. The van der Waals surface area contributed by atoms with E-state index in [1.54, 1.807) is 11.1 Å². The summed E-state index contributed by atoms with van der Waals surface area (Å²) in [5.41, 5.74) is 5.31. The van der Waals surface area contributed by atoms with Gasteiger partial charge in [-0.25, -0.2) is 0 Å². The van der Waals surface area contributed by atoms with Crippen molar-refractivity contribution in [3.63, 3.8) is 0 Å². The summed E-state index contributed by atoms with van der Waals surface area (Å²) in [7, 11) is 2.23. The molecule has 0 radical (unpaired) electrons. The van der Waals surface area contributed by atoms with Crippen molar-refractivity contribution < 1.29 is 0 Å². The zero-order chi connectivity index (χ0) is 11.3. The molecular formula is C14H21B. The van der Waals surface area contributed by atoms with Gasteiger partial charge < -0.3 is 0 Å². The van der Waals surface area contributed by atoms with Crippen LogP contribution in [-0.2, 0) is 17.2 Å². The Morgan fingerprint density at radius 1 is 1.07 bits per heavy atom. The van der Waals surface area contributed by atoms with Gasteiger partial charge in [0.05, 0.1) is 0 Å². The third-order valence-electron chi connectivity index (χ3n) is 3.83. The van der Waals surface area contributed by atoms with Crippen molar-refractivity contribution in [3.8, 4) is 0 Å². The van der Waals surface area contributed by atoms with Gasteiger partial charge in [-0.1, -0.05) is 57.8 Å². The molecule has 0 saturated carbocycles. The normalized spacial score (nSPS) is 21.3. The van der Waals surface area contributed by atoms with Crippen LogP contribution in [0.3, 0.4) is 0 Å². The van der Waals surface area contributed by atoms with Gasteiger partial charge >= 0.3 is 0 Å². The molecule has 0 atom stereocenters. The van der Waals surface area contributed by atoms with Gasteiger partial charge in [-0.05, 0) is 28.4 Å². The van der Waals surface area contributed by atoms with Gasteiger partial charge in [-0.15, -0.1) is 0 Å². The molecule has 0 aromatic heterocycles. The third kappa shape index (κ3) is 1.62. The van der Waals surface area contributed by atoms with E-state index in [2.05, 4.69) is 53.7 Å². The summed E-state index contributed by atoms with van der Waals surface area (Å²) in [6, 6.07) is 7.06. The maximum atomic E-state index is 2.42. The number of fused-ring (bicyclic) bond motifs is 1. The van der Waals surface area contributed by atoms with Crippen molar-refractivity contribution in [2.45, 2.75) is 51.3 Å². The van der Waals surface area contributed by atoms with Crippen LogP contribution < -0.4 is 0 Å². The van der Waals surface area contributed by atoms with Crippen LogP contribution in [0.2, 0.25) is 0 Å². The van der Waals surface area contributed by atoms with Gasteiger partial charge in [0, 0.05) is 0 Å². The van der Waals surface area contributed by atoms with Crippen LogP contribution in [0.1, 0.15) is 50.8 Å². The van der Waals surface area contributed by atoms with Crippen molar-refractivity contribution in [1.82, 2.24) is 0 Å². The van der Waals surface area contributed by atoms with E-state index < -0.39 is 0 Å². The van der Waals surface area contributed by atoms with Crippen molar-refractivity contribution >= 4 is 7.85 Å². The average Bonchev–Trinajstić information content (AvgIpc) is 2.32. The lowest BCUT2D eigenvalue weighted by Gasteiger charge is -2.22. The molecule has 1 aromatic carbocycles. The van der Waals surface area contributed by atoms with E-state index in [1.165, 1.54) is 12.0 Å². The second kappa shape index (κ2) is 3.14. The Hall–Kier alpha value is -0.715. The minimum absolute atomic E-state index is 0.351. The fourth-order valence-electron chi connectivity index (χ4n) is 3.26. The van der Waals surface area contributed by atoms with Crippen molar-refractivity contribution in [1.29, 1.82) is 0 Å². The largest absolute Gasteiger partial charge is 0.107 e. The zero-order valence-electron chi connectivity index (χ0n) is 10.6. The topological polar surface area (TPSA) is 0 Å². The van der Waals surface area contributed by atoms with Gasteiger partial charge in [0.15, 0.2) is 0 Å². The quantitative estimate of drug-likeness (QED) is 0.611. The summed E-state index contributed by atoms with van der Waals surface area (Å²) in [6.45, 7) is 9.48. The monoisotopic (exact) mass is 200 g/mol. The highest BCUT2D eigenvalue weighted by atomic mass is 14.4. The van der Waals surface area contributed by atoms with Gasteiger partial charge in [0.2, 0.25) is 0 Å². The maximum Gasteiger partial charge on any atom is 0.107 e. The second-order valence-corrected chi connectivity index (χ2v) is 6.18. The minimum atomic E-state index is 0.351. The van der Waals surface area contributed by atoms with Crippen LogP contribution >= 0.6 is 0 Å². The van der Waals surface area contributed by atoms with Crippen LogP contribution in [0.15, 0.2) is 18.2 Å². The number of benzene rings is 1. The molecule has 0 saturated heterocycles. The Bertz CT molecular complexity index is 388. The van der Waals surface area contributed by atoms with Crippen molar-refractivity contribution in [2.75, 3.05) is 0 Å². The Morgan fingerprint density at radius 3 is 2.27 bits per heavy atom. The molecule has 0 N–H and O–H groups in total. The van der Waals surface area contributed by atoms with E-state index in [1.807, 2.05) is 0 Å². The molecule has 80 valence electrons. The van der Waals surface area contributed by atoms with Crippen LogP contribution in [-0.4, -0.2) is 7.85 Å². The summed E-state index contributed by atoms with van der Waals surface area (Å²) >= 11 is 0. The highest BCUT2D eigenvalue weighted by Gasteiger charge is 2.41. The van der Waals surface area contributed by atoms with Crippen molar-refractivity contribution in [2.24, 2.45) is 0 Å². The van der Waals surface area contributed by atoms with E-state index in [0.29, 0.717) is 10.8 Å². The smallest absolute Gasteiger partial charge is 0.0595 e. The molecule has 1 aliphatic rings. The predicted octanol–water partition coefficient (Wildman–Crippen LogP) is 2.78. The Morgan fingerprint density at radius 2 is 1.67 bits per heavy atom. The lowest BCUT2D eigenvalue weighted by molar-refractivity contribution is 0.403. The fourth-order valence-corrected chi connectivity index (χ4v) is 3.26. The highest BCUT2D eigenvalue weighted by Crippen LogP contribution is 2.49. The molecule has 0 unspecified atom stereocenters. The SMILES string of the molecule is BCc1ccc2c(c1)C(C)(C)CC2(C)C. The maximum absolute atomic E-state index is 2.42. The van der Waals surface area contributed by atoms with Crippen LogP contribution in [0, 0.1) is 0 Å². The molecule has 15 heavy (non-hydrogen) atoms. The molecule has 2 rings (SSSR count). The molecular weight excluding hydrogens is 179 g/mol. The molecule has 1 heteroatoms. The molecule has 0 amide bonds. The van der Waals surface area contributed by atoms with Gasteiger partial charge in [0.1, 0.15) is 7.85 Å². The van der Waals surface area contributed by atoms with Gasteiger partial charge in [-0.3, -0.25) is 0 Å². The molecule has 0 bridgehead atoms. The molecule has 1 aliphatic carbocycles. The van der Waals surface area contributed by atoms with E-state index in [-0.39, 0.29) is 0 Å². The first-order valence-electron chi connectivity index (χ1n) is 6.01. The van der Waals surface area contributed by atoms with Crippen molar-refractivity contribution in [3.05, 3.63) is 34.9 Å². The fraction of sp³-hybridized carbons (Fsp3) is 0.571. The van der Waals surface area contributed by atoms with Gasteiger partial charge in [-0.2, -0.15) is 0 Å². The van der Waals surface area contributed by atoms with Crippen LogP contribution in [0.25, 0.3) is 0 Å². The first kappa shape index (κ1) is 10.8. The molecule has 0 nitrogen and oxygen atoms in total. The summed E-state index contributed by atoms with van der Waals surface area (Å²) in [6.07, 6.45) is 2.41. The van der Waals surface area contributed by atoms with Crippen LogP contribution in [0.4, 0.5) is 0 Å². The zero-order valence-corrected chi connectivity index (χ0v) is 10.6. The van der Waals surface area contributed by atoms with Gasteiger partial charge in [0.25, 0.3) is 0 Å². The first-order chi connectivity index (χ1) is 6.87. The Labute approximate surface area is 94.5 Å². The van der Waals surface area contributed by atoms with E-state index in [4.69, 9.17) is 0 Å². The third-order valence-corrected chi connectivity index (χ3v) is 3.83. The Kier molecular flexibility index (Phi) is 2.26. The lowest BCUT2D eigenvalue weighted by atomic mass is 9.82. The number of rotatable bonds is 1. The standard InChI is InChI=1S/C14H21B/c1-13(2)9-14(3,4)12-7-10(8-15)5-6-11(12)13/h5-7H,8-9,15H2,1-4H3. The molecule has 0 aliphatic heterocycles. The first-order valence-corrected chi connectivity index (χ1v) is 6.01. The second-order valence-electron chi connectivity index (χ2n) is 6.18.